The number of benzene rings is 2. The predicted octanol–water partition coefficient (Wildman–Crippen LogP) is 3.34. The van der Waals surface area contributed by atoms with E-state index in [1.54, 1.807) is 66.7 Å². The number of methoxy groups -OCH3 is 2. The van der Waals surface area contributed by atoms with E-state index < -0.39 is 23.8 Å². The number of allylic oxidation sites excluding steroid dienone is 1. The highest BCUT2D eigenvalue weighted by Gasteiger charge is 2.43. The van der Waals surface area contributed by atoms with Crippen LogP contribution in [0.25, 0.3) is 11.3 Å². The lowest BCUT2D eigenvalue weighted by Gasteiger charge is -2.36. The number of ether oxygens (including phenoxy) is 2. The lowest BCUT2D eigenvalue weighted by Crippen LogP contribution is -2.40. The van der Waals surface area contributed by atoms with E-state index in [0.29, 0.717) is 22.5 Å². The number of esters is 2. The molecule has 2 aromatic carbocycles. The van der Waals surface area contributed by atoms with Crippen molar-refractivity contribution in [2.24, 2.45) is 5.73 Å². The van der Waals surface area contributed by atoms with E-state index in [-0.39, 0.29) is 28.4 Å². The van der Waals surface area contributed by atoms with Crippen molar-refractivity contribution < 1.29 is 29.0 Å². The fourth-order valence-corrected chi connectivity index (χ4v) is 4.30. The Morgan fingerprint density at radius 1 is 0.974 bits per heavy atom. The summed E-state index contributed by atoms with van der Waals surface area (Å²) in [5.41, 5.74) is 7.80. The molecule has 0 saturated carbocycles. The molecule has 1 aliphatic rings. The first-order valence-corrected chi connectivity index (χ1v) is 11.3. The minimum Gasteiger partial charge on any atom is -0.477 e. The summed E-state index contributed by atoms with van der Waals surface area (Å²) in [4.78, 5) is 43.2. The number of hydrogen-bond acceptors (Lipinski definition) is 9. The van der Waals surface area contributed by atoms with E-state index in [1.807, 2.05) is 0 Å². The van der Waals surface area contributed by atoms with Crippen molar-refractivity contribution in [1.29, 1.82) is 5.26 Å². The van der Waals surface area contributed by atoms with Gasteiger partial charge in [-0.25, -0.2) is 19.4 Å². The topological polar surface area (TPSA) is 156 Å². The molecule has 1 aliphatic heterocycles. The van der Waals surface area contributed by atoms with Gasteiger partial charge >= 0.3 is 17.9 Å². The van der Waals surface area contributed by atoms with E-state index >= 15 is 0 Å². The number of carboxylic acid groups (broad SMARTS) is 1. The number of rotatable bonds is 6. The van der Waals surface area contributed by atoms with Crippen LogP contribution in [0.5, 0.6) is 0 Å². The number of carbonyl (C=O) groups excluding carboxylic acids is 2. The van der Waals surface area contributed by atoms with Crippen LogP contribution < -0.4 is 10.6 Å². The zero-order valence-electron chi connectivity index (χ0n) is 20.4. The molecule has 0 amide bonds. The maximum Gasteiger partial charge on any atom is 0.355 e. The standard InChI is InChI=1S/C28H22N4O6/c1-37-27(35)23-22(16-8-4-3-5-9-16)19(15-29)25(30)32(24(23)28(36)38-2)18-11-6-10-17(14-18)20-12-7-13-21(31-20)26(33)34/h3-14,22H,30H2,1-2H3,(H,33,34). The Hall–Kier alpha value is -5.43. The number of nitrogens with zero attached hydrogens (tertiary/aromatic N) is 3. The molecule has 3 N–H and O–H groups in total. The Morgan fingerprint density at radius 3 is 2.29 bits per heavy atom. The zero-order chi connectivity index (χ0) is 27.4. The van der Waals surface area contributed by atoms with Crippen molar-refractivity contribution in [3.63, 3.8) is 0 Å². The van der Waals surface area contributed by atoms with Crippen molar-refractivity contribution in [1.82, 2.24) is 4.98 Å². The van der Waals surface area contributed by atoms with Gasteiger partial charge in [0.05, 0.1) is 43.0 Å². The Kier molecular flexibility index (Phi) is 7.21. The van der Waals surface area contributed by atoms with Crippen molar-refractivity contribution in [3.05, 3.63) is 107 Å². The van der Waals surface area contributed by atoms with Gasteiger partial charge in [-0.05, 0) is 29.8 Å². The van der Waals surface area contributed by atoms with Crippen molar-refractivity contribution in [3.8, 4) is 17.3 Å². The molecular weight excluding hydrogens is 488 g/mol. The highest BCUT2D eigenvalue weighted by atomic mass is 16.5. The number of carbonyl (C=O) groups is 3. The molecule has 0 fully saturated rings. The monoisotopic (exact) mass is 510 g/mol. The largest absolute Gasteiger partial charge is 0.477 e. The Bertz CT molecular complexity index is 1540. The van der Waals surface area contributed by atoms with Gasteiger partial charge in [0.15, 0.2) is 0 Å². The van der Waals surface area contributed by atoms with Gasteiger partial charge in [0.25, 0.3) is 0 Å². The summed E-state index contributed by atoms with van der Waals surface area (Å²) < 4.78 is 10.1. The quantitative estimate of drug-likeness (QED) is 0.472. The SMILES string of the molecule is COC(=O)C1=C(C(=O)OC)N(c2cccc(-c3cccc(C(=O)O)n3)c2)C(N)=C(C#N)C1c1ccccc1. The van der Waals surface area contributed by atoms with E-state index in [9.17, 15) is 24.8 Å². The van der Waals surface area contributed by atoms with Crippen LogP contribution in [0, 0.1) is 11.3 Å². The summed E-state index contributed by atoms with van der Waals surface area (Å²) in [5, 5.41) is 19.5. The van der Waals surface area contributed by atoms with Gasteiger partial charge in [-0.3, -0.25) is 4.90 Å². The lowest BCUT2D eigenvalue weighted by molar-refractivity contribution is -0.139. The van der Waals surface area contributed by atoms with Gasteiger partial charge in [0.2, 0.25) is 0 Å². The number of hydrogen-bond donors (Lipinski definition) is 2. The minimum absolute atomic E-state index is 0.0284. The first-order chi connectivity index (χ1) is 18.3. The molecule has 0 bridgehead atoms. The first-order valence-electron chi connectivity index (χ1n) is 11.3. The van der Waals surface area contributed by atoms with Crippen LogP contribution in [0.3, 0.4) is 0 Å². The van der Waals surface area contributed by atoms with E-state index in [0.717, 1.165) is 7.11 Å². The second-order valence-electron chi connectivity index (χ2n) is 8.10. The fraction of sp³-hybridized carbons (Fsp3) is 0.107. The highest BCUT2D eigenvalue weighted by Crippen LogP contribution is 2.43. The number of aromatic nitrogens is 1. The maximum absolute atomic E-state index is 13.2. The fourth-order valence-electron chi connectivity index (χ4n) is 4.30. The van der Waals surface area contributed by atoms with Crippen LogP contribution in [0.1, 0.15) is 22.0 Å². The number of nitriles is 1. The van der Waals surface area contributed by atoms with E-state index in [1.165, 1.54) is 18.1 Å². The van der Waals surface area contributed by atoms with Gasteiger partial charge in [-0.15, -0.1) is 0 Å². The molecule has 4 rings (SSSR count). The Labute approximate surface area is 217 Å². The molecule has 2 heterocycles. The summed E-state index contributed by atoms with van der Waals surface area (Å²) in [6, 6.07) is 21.9. The minimum atomic E-state index is -1.18. The average molecular weight is 511 g/mol. The van der Waals surface area contributed by atoms with Gasteiger partial charge < -0.3 is 20.3 Å². The van der Waals surface area contributed by atoms with Crippen LogP contribution >= 0.6 is 0 Å². The average Bonchev–Trinajstić information content (AvgIpc) is 2.96. The number of anilines is 1. The summed E-state index contributed by atoms with van der Waals surface area (Å²) in [7, 11) is 2.34. The van der Waals surface area contributed by atoms with Crippen LogP contribution in [0.2, 0.25) is 0 Å². The van der Waals surface area contributed by atoms with Crippen LogP contribution in [-0.2, 0) is 19.1 Å². The molecule has 10 heteroatoms. The predicted molar refractivity (Wildman–Crippen MR) is 136 cm³/mol. The maximum atomic E-state index is 13.2. The van der Waals surface area contributed by atoms with Crippen LogP contribution in [-0.4, -0.2) is 42.2 Å². The van der Waals surface area contributed by atoms with E-state index in [4.69, 9.17) is 15.2 Å². The number of carboxylic acids is 1. The summed E-state index contributed by atoms with van der Waals surface area (Å²) in [6.07, 6.45) is 0. The second-order valence-corrected chi connectivity index (χ2v) is 8.10. The van der Waals surface area contributed by atoms with Gasteiger partial charge in [0, 0.05) is 11.3 Å². The number of nitrogens with two attached hydrogens (primary N) is 1. The van der Waals surface area contributed by atoms with Crippen LogP contribution in [0.15, 0.2) is 95.5 Å². The zero-order valence-corrected chi connectivity index (χ0v) is 20.4. The van der Waals surface area contributed by atoms with Crippen molar-refractivity contribution in [2.75, 3.05) is 19.1 Å². The molecule has 190 valence electrons. The van der Waals surface area contributed by atoms with E-state index in [2.05, 4.69) is 11.1 Å². The summed E-state index contributed by atoms with van der Waals surface area (Å²) in [6.45, 7) is 0. The number of aromatic carboxylic acids is 1. The molecule has 0 aliphatic carbocycles. The smallest absolute Gasteiger partial charge is 0.355 e. The molecular formula is C28H22N4O6. The molecule has 0 spiro atoms. The molecule has 1 unspecified atom stereocenters. The molecule has 38 heavy (non-hydrogen) atoms. The molecule has 0 saturated heterocycles. The molecule has 1 atom stereocenters. The van der Waals surface area contributed by atoms with Gasteiger partial charge in [0.1, 0.15) is 17.2 Å². The third-order valence-electron chi connectivity index (χ3n) is 5.98. The molecule has 0 radical (unpaired) electrons. The highest BCUT2D eigenvalue weighted by molar-refractivity contribution is 6.06. The van der Waals surface area contributed by atoms with Crippen LogP contribution in [0.4, 0.5) is 5.69 Å². The van der Waals surface area contributed by atoms with Crippen molar-refractivity contribution in [2.45, 2.75) is 5.92 Å². The van der Waals surface area contributed by atoms with Gasteiger partial charge in [-0.2, -0.15) is 5.26 Å². The summed E-state index contributed by atoms with van der Waals surface area (Å²) >= 11 is 0. The molecule has 10 nitrogen and oxygen atoms in total. The Morgan fingerprint density at radius 2 is 1.66 bits per heavy atom. The third kappa shape index (κ3) is 4.56. The molecule has 3 aromatic rings. The lowest BCUT2D eigenvalue weighted by atomic mass is 9.81. The normalized spacial score (nSPS) is 15.1. The third-order valence-corrected chi connectivity index (χ3v) is 5.98. The molecule has 1 aromatic heterocycles. The second kappa shape index (κ2) is 10.7. The summed E-state index contributed by atoms with van der Waals surface area (Å²) in [5.74, 6) is -3.97. The first kappa shape index (κ1) is 25.7. The van der Waals surface area contributed by atoms with Gasteiger partial charge in [-0.1, -0.05) is 48.5 Å². The Balaban J connectivity index is 1.99. The number of pyridine rings is 1. The van der Waals surface area contributed by atoms with Crippen molar-refractivity contribution >= 4 is 23.6 Å².